The summed E-state index contributed by atoms with van der Waals surface area (Å²) in [6.07, 6.45) is 0.0384. The van der Waals surface area contributed by atoms with Gasteiger partial charge in [-0.3, -0.25) is 0 Å². The largest absolute Gasteiger partial charge is 0.495 e. The Morgan fingerprint density at radius 3 is 2.65 bits per heavy atom. The third-order valence-corrected chi connectivity index (χ3v) is 4.52. The van der Waals surface area contributed by atoms with Crippen LogP contribution < -0.4 is 4.74 Å². The van der Waals surface area contributed by atoms with E-state index in [1.165, 1.54) is 26.3 Å². The second-order valence-corrected chi connectivity index (χ2v) is 5.92. The Balaban J connectivity index is 3.32. The van der Waals surface area contributed by atoms with Crippen molar-refractivity contribution in [2.45, 2.75) is 11.3 Å². The Morgan fingerprint density at radius 2 is 2.15 bits per heavy atom. The normalized spacial score (nSPS) is 11.1. The third kappa shape index (κ3) is 3.26. The Bertz CT molecular complexity index is 648. The van der Waals surface area contributed by atoms with E-state index in [0.717, 1.165) is 10.4 Å². The number of benzene rings is 1. The van der Waals surface area contributed by atoms with E-state index in [1.807, 2.05) is 6.07 Å². The maximum atomic E-state index is 12.3. The summed E-state index contributed by atoms with van der Waals surface area (Å²) in [5.74, 6) is -1.18. The molecule has 1 aromatic carbocycles. The van der Waals surface area contributed by atoms with Crippen LogP contribution >= 0.6 is 0 Å². The van der Waals surface area contributed by atoms with Gasteiger partial charge in [0.1, 0.15) is 10.6 Å². The molecule has 1 N–H and O–H groups in total. The third-order valence-electron chi connectivity index (χ3n) is 2.64. The fraction of sp³-hybridized carbons (Fsp3) is 0.333. The lowest BCUT2D eigenvalue weighted by Gasteiger charge is -2.18. The first kappa shape index (κ1) is 15.9. The number of carboxylic acid groups (broad SMARTS) is 1. The number of sulfonamides is 1. The summed E-state index contributed by atoms with van der Waals surface area (Å²) in [5.41, 5.74) is -0.155. The van der Waals surface area contributed by atoms with Crippen molar-refractivity contribution < 1.29 is 23.1 Å². The molecule has 0 spiro atoms. The van der Waals surface area contributed by atoms with Crippen molar-refractivity contribution in [3.05, 3.63) is 23.8 Å². The standard InChI is InChI=1S/C12H14N2O5S/c1-14(7-3-6-13)20(17,18)11-8-9(12(15)16)4-5-10(11)19-2/h4-5,8H,3,7H2,1-2H3,(H,15,16). The monoisotopic (exact) mass is 298 g/mol. The maximum absolute atomic E-state index is 12.3. The van der Waals surface area contributed by atoms with E-state index in [4.69, 9.17) is 15.1 Å². The minimum absolute atomic E-state index is 0.0132. The van der Waals surface area contributed by atoms with Crippen LogP contribution in [0.4, 0.5) is 0 Å². The molecule has 0 aliphatic rings. The molecule has 0 fully saturated rings. The van der Waals surface area contributed by atoms with Crippen molar-refractivity contribution in [2.24, 2.45) is 0 Å². The van der Waals surface area contributed by atoms with Gasteiger partial charge in [-0.2, -0.15) is 9.57 Å². The zero-order chi connectivity index (χ0) is 15.3. The van der Waals surface area contributed by atoms with E-state index in [-0.39, 0.29) is 29.2 Å². The molecule has 0 radical (unpaired) electrons. The Kier molecular flexibility index (Phi) is 5.07. The molecular formula is C12H14N2O5S. The van der Waals surface area contributed by atoms with Crippen LogP contribution in [-0.2, 0) is 10.0 Å². The summed E-state index contributed by atoms with van der Waals surface area (Å²) < 4.78 is 30.6. The number of hydrogen-bond donors (Lipinski definition) is 1. The zero-order valence-electron chi connectivity index (χ0n) is 11.0. The van der Waals surface area contributed by atoms with Crippen LogP contribution in [0.2, 0.25) is 0 Å². The van der Waals surface area contributed by atoms with Gasteiger partial charge in [0.25, 0.3) is 0 Å². The molecule has 0 aliphatic heterocycles. The van der Waals surface area contributed by atoms with Crippen molar-refractivity contribution >= 4 is 16.0 Å². The number of rotatable bonds is 6. The molecule has 0 heterocycles. The summed E-state index contributed by atoms with van der Waals surface area (Å²) in [4.78, 5) is 10.7. The number of nitriles is 1. The average Bonchev–Trinajstić information content (AvgIpc) is 2.43. The molecule has 8 heteroatoms. The minimum Gasteiger partial charge on any atom is -0.495 e. The number of ether oxygens (including phenoxy) is 1. The molecule has 1 aromatic rings. The molecule has 0 aliphatic carbocycles. The van der Waals surface area contributed by atoms with Crippen molar-refractivity contribution in [3.8, 4) is 11.8 Å². The van der Waals surface area contributed by atoms with Gasteiger partial charge >= 0.3 is 5.97 Å². The molecule has 1 rings (SSSR count). The van der Waals surface area contributed by atoms with Gasteiger partial charge in [-0.15, -0.1) is 0 Å². The summed E-state index contributed by atoms with van der Waals surface area (Å²) in [7, 11) is -1.30. The van der Waals surface area contributed by atoms with Crippen molar-refractivity contribution in [1.82, 2.24) is 4.31 Å². The topological polar surface area (TPSA) is 108 Å². The van der Waals surface area contributed by atoms with Gasteiger partial charge in [0.05, 0.1) is 18.7 Å². The first-order valence-corrected chi connectivity index (χ1v) is 7.03. The lowest BCUT2D eigenvalue weighted by Crippen LogP contribution is -2.28. The van der Waals surface area contributed by atoms with Gasteiger partial charge in [0.2, 0.25) is 10.0 Å². The van der Waals surface area contributed by atoms with E-state index in [9.17, 15) is 13.2 Å². The zero-order valence-corrected chi connectivity index (χ0v) is 11.8. The second-order valence-electron chi connectivity index (χ2n) is 3.91. The molecule has 0 unspecified atom stereocenters. The predicted molar refractivity (Wildman–Crippen MR) is 70.0 cm³/mol. The van der Waals surface area contributed by atoms with Gasteiger partial charge in [-0.1, -0.05) is 0 Å². The number of carboxylic acids is 1. The lowest BCUT2D eigenvalue weighted by molar-refractivity contribution is 0.0696. The highest BCUT2D eigenvalue weighted by Gasteiger charge is 2.25. The van der Waals surface area contributed by atoms with E-state index >= 15 is 0 Å². The van der Waals surface area contributed by atoms with E-state index in [2.05, 4.69) is 0 Å². The fourth-order valence-corrected chi connectivity index (χ4v) is 2.86. The quantitative estimate of drug-likeness (QED) is 0.837. The summed E-state index contributed by atoms with van der Waals surface area (Å²) in [5, 5.41) is 17.4. The minimum atomic E-state index is -3.92. The predicted octanol–water partition coefficient (Wildman–Crippen LogP) is 0.928. The first-order valence-electron chi connectivity index (χ1n) is 5.59. The van der Waals surface area contributed by atoms with Crippen molar-refractivity contribution in [2.75, 3.05) is 20.7 Å². The van der Waals surface area contributed by atoms with E-state index in [1.54, 1.807) is 0 Å². The van der Waals surface area contributed by atoms with Crippen molar-refractivity contribution in [3.63, 3.8) is 0 Å². The molecule has 0 saturated carbocycles. The highest BCUT2D eigenvalue weighted by molar-refractivity contribution is 7.89. The number of hydrogen-bond acceptors (Lipinski definition) is 5. The van der Waals surface area contributed by atoms with Crippen LogP contribution in [0.1, 0.15) is 16.8 Å². The van der Waals surface area contributed by atoms with Crippen molar-refractivity contribution in [1.29, 1.82) is 5.26 Å². The molecule has 0 amide bonds. The Hall–Kier alpha value is -2.11. The number of carbonyl (C=O) groups is 1. The molecular weight excluding hydrogens is 284 g/mol. The van der Waals surface area contributed by atoms with Crippen LogP contribution in [0.15, 0.2) is 23.1 Å². The summed E-state index contributed by atoms with van der Waals surface area (Å²) in [6.45, 7) is 0.0132. The SMILES string of the molecule is COc1ccc(C(=O)O)cc1S(=O)(=O)N(C)CCC#N. The Labute approximate surface area is 117 Å². The van der Waals surface area contributed by atoms with Gasteiger partial charge < -0.3 is 9.84 Å². The van der Waals surface area contributed by atoms with Gasteiger partial charge in [0, 0.05) is 20.0 Å². The van der Waals surface area contributed by atoms with Crippen LogP contribution in [0.3, 0.4) is 0 Å². The van der Waals surface area contributed by atoms with Gasteiger partial charge in [-0.05, 0) is 18.2 Å². The first-order chi connectivity index (χ1) is 9.34. The molecule has 0 aromatic heterocycles. The van der Waals surface area contributed by atoms with Gasteiger partial charge in [0.15, 0.2) is 0 Å². The Morgan fingerprint density at radius 1 is 1.50 bits per heavy atom. The highest BCUT2D eigenvalue weighted by atomic mass is 32.2. The summed E-state index contributed by atoms with van der Waals surface area (Å²) in [6, 6.07) is 5.44. The molecule has 0 saturated heterocycles. The second kappa shape index (κ2) is 6.36. The highest BCUT2D eigenvalue weighted by Crippen LogP contribution is 2.27. The smallest absolute Gasteiger partial charge is 0.335 e. The molecule has 0 bridgehead atoms. The van der Waals surface area contributed by atoms with Crippen LogP contribution in [0.5, 0.6) is 5.75 Å². The average molecular weight is 298 g/mol. The van der Waals surface area contributed by atoms with Crippen LogP contribution in [0, 0.1) is 11.3 Å². The molecule has 108 valence electrons. The fourth-order valence-electron chi connectivity index (χ4n) is 1.51. The van der Waals surface area contributed by atoms with E-state index in [0.29, 0.717) is 0 Å². The molecule has 7 nitrogen and oxygen atoms in total. The van der Waals surface area contributed by atoms with Gasteiger partial charge in [-0.25, -0.2) is 13.2 Å². The maximum Gasteiger partial charge on any atom is 0.335 e. The molecule has 20 heavy (non-hydrogen) atoms. The van der Waals surface area contributed by atoms with Crippen LogP contribution in [-0.4, -0.2) is 44.5 Å². The van der Waals surface area contributed by atoms with Crippen LogP contribution in [0.25, 0.3) is 0 Å². The van der Waals surface area contributed by atoms with E-state index < -0.39 is 16.0 Å². The number of nitrogens with zero attached hydrogens (tertiary/aromatic N) is 2. The number of aromatic carboxylic acids is 1. The molecule has 0 atom stereocenters. The lowest BCUT2D eigenvalue weighted by atomic mass is 10.2. The summed E-state index contributed by atoms with van der Waals surface area (Å²) >= 11 is 0. The number of methoxy groups -OCH3 is 1.